The lowest BCUT2D eigenvalue weighted by Crippen LogP contribution is -2.29. The van der Waals surface area contributed by atoms with Crippen molar-refractivity contribution in [1.29, 1.82) is 0 Å². The van der Waals surface area contributed by atoms with Crippen LogP contribution in [-0.2, 0) is 25.7 Å². The van der Waals surface area contributed by atoms with Crippen LogP contribution >= 0.6 is 22.6 Å². The first-order valence-corrected chi connectivity index (χ1v) is 12.5. The molecule has 0 radical (unpaired) electrons. The molecule has 3 aromatic heterocycles. The summed E-state index contributed by atoms with van der Waals surface area (Å²) in [5.41, 5.74) is 4.37. The zero-order valence-corrected chi connectivity index (χ0v) is 20.6. The van der Waals surface area contributed by atoms with Crippen LogP contribution in [0.25, 0.3) is 27.7 Å². The first kappa shape index (κ1) is 23.1. The molecular formula is C25H22F3IN4O. The van der Waals surface area contributed by atoms with Gasteiger partial charge >= 0.3 is 6.18 Å². The molecule has 176 valence electrons. The molecule has 0 atom stereocenters. The molecule has 4 aromatic rings. The fourth-order valence-corrected chi connectivity index (χ4v) is 5.29. The van der Waals surface area contributed by atoms with E-state index in [9.17, 15) is 18.0 Å². The average Bonchev–Trinajstić information content (AvgIpc) is 3.15. The Kier molecular flexibility index (Phi) is 6.01. The second-order valence-electron chi connectivity index (χ2n) is 8.35. The van der Waals surface area contributed by atoms with Gasteiger partial charge in [-0.25, -0.2) is 0 Å². The molecule has 0 amide bonds. The summed E-state index contributed by atoms with van der Waals surface area (Å²) in [5.74, 6) is 0. The fraction of sp³-hybridized carbons (Fsp3) is 0.280. The van der Waals surface area contributed by atoms with Crippen molar-refractivity contribution in [3.63, 3.8) is 0 Å². The van der Waals surface area contributed by atoms with Gasteiger partial charge in [0.1, 0.15) is 5.69 Å². The van der Waals surface area contributed by atoms with E-state index in [2.05, 4.69) is 50.0 Å². The number of aryl methyl sites for hydroxylation is 1. The summed E-state index contributed by atoms with van der Waals surface area (Å²) in [6, 6.07) is 11.5. The topological polar surface area (TPSA) is 43.1 Å². The molecule has 0 N–H and O–H groups in total. The van der Waals surface area contributed by atoms with Crippen molar-refractivity contribution in [2.24, 2.45) is 0 Å². The molecule has 0 aliphatic carbocycles. The number of hydrogen-bond donors (Lipinski definition) is 0. The maximum absolute atomic E-state index is 13.0. The number of aromatic nitrogens is 3. The Labute approximate surface area is 208 Å². The zero-order valence-electron chi connectivity index (χ0n) is 18.4. The van der Waals surface area contributed by atoms with E-state index in [0.29, 0.717) is 11.1 Å². The Morgan fingerprint density at radius 1 is 1.09 bits per heavy atom. The standard InChI is InChI=1S/C25H22F3IN4O/c1-2-32-21-8-9-31(15-29)14-20(21)19-5-4-18(12-22(19)32)33-10-7-16(11-24(33)34)17-3-6-23(30-13-17)25(26,27)28/h3-7,10-13H,2,8-9,14-15H2,1H3. The Balaban J connectivity index is 1.52. The van der Waals surface area contributed by atoms with Gasteiger partial charge in [0, 0.05) is 61.2 Å². The second kappa shape index (κ2) is 8.84. The third-order valence-electron chi connectivity index (χ3n) is 6.39. The molecule has 1 aliphatic rings. The first-order chi connectivity index (χ1) is 16.3. The van der Waals surface area contributed by atoms with Gasteiger partial charge in [-0.2, -0.15) is 13.2 Å². The van der Waals surface area contributed by atoms with Gasteiger partial charge in [0.05, 0.1) is 15.8 Å². The highest BCUT2D eigenvalue weighted by Crippen LogP contribution is 2.33. The van der Waals surface area contributed by atoms with Crippen molar-refractivity contribution >= 4 is 33.5 Å². The Morgan fingerprint density at radius 3 is 2.56 bits per heavy atom. The van der Waals surface area contributed by atoms with Crippen LogP contribution in [0.3, 0.4) is 0 Å². The van der Waals surface area contributed by atoms with E-state index in [1.165, 1.54) is 28.8 Å². The second-order valence-corrected chi connectivity index (χ2v) is 9.03. The molecule has 1 aliphatic heterocycles. The summed E-state index contributed by atoms with van der Waals surface area (Å²) in [6.07, 6.45) is -0.685. The summed E-state index contributed by atoms with van der Waals surface area (Å²) < 4.78 is 43.2. The van der Waals surface area contributed by atoms with Gasteiger partial charge in [-0.3, -0.25) is 19.2 Å². The monoisotopic (exact) mass is 578 g/mol. The van der Waals surface area contributed by atoms with Crippen LogP contribution in [0.1, 0.15) is 23.9 Å². The van der Waals surface area contributed by atoms with E-state index in [1.54, 1.807) is 16.8 Å². The molecule has 4 heterocycles. The van der Waals surface area contributed by atoms with Crippen molar-refractivity contribution < 1.29 is 13.2 Å². The molecule has 0 spiro atoms. The van der Waals surface area contributed by atoms with E-state index in [1.807, 2.05) is 12.1 Å². The van der Waals surface area contributed by atoms with E-state index in [-0.39, 0.29) is 5.56 Å². The van der Waals surface area contributed by atoms with Crippen molar-refractivity contribution in [1.82, 2.24) is 19.0 Å². The van der Waals surface area contributed by atoms with Crippen LogP contribution in [0.4, 0.5) is 13.2 Å². The van der Waals surface area contributed by atoms with Crippen LogP contribution in [-0.4, -0.2) is 30.1 Å². The Hall–Kier alpha value is -2.66. The molecule has 34 heavy (non-hydrogen) atoms. The van der Waals surface area contributed by atoms with E-state index >= 15 is 0 Å². The highest BCUT2D eigenvalue weighted by molar-refractivity contribution is 14.1. The maximum Gasteiger partial charge on any atom is 0.433 e. The van der Waals surface area contributed by atoms with Crippen LogP contribution in [0.5, 0.6) is 0 Å². The highest BCUT2D eigenvalue weighted by atomic mass is 127. The summed E-state index contributed by atoms with van der Waals surface area (Å²) in [4.78, 5) is 18.9. The summed E-state index contributed by atoms with van der Waals surface area (Å²) in [5, 5.41) is 1.22. The third-order valence-corrected chi connectivity index (χ3v) is 7.35. The molecule has 0 bridgehead atoms. The van der Waals surface area contributed by atoms with Crippen molar-refractivity contribution in [3.05, 3.63) is 82.2 Å². The molecular weight excluding hydrogens is 556 g/mol. The van der Waals surface area contributed by atoms with Crippen molar-refractivity contribution in [2.45, 2.75) is 32.6 Å². The van der Waals surface area contributed by atoms with Crippen molar-refractivity contribution in [3.8, 4) is 16.8 Å². The minimum atomic E-state index is -4.50. The number of halogens is 4. The van der Waals surface area contributed by atoms with Crippen LogP contribution < -0.4 is 5.56 Å². The number of alkyl halides is 4. The summed E-state index contributed by atoms with van der Waals surface area (Å²) >= 11 is 2.40. The van der Waals surface area contributed by atoms with Gasteiger partial charge < -0.3 is 4.57 Å². The number of fused-ring (bicyclic) bond motifs is 3. The van der Waals surface area contributed by atoms with Gasteiger partial charge in [-0.1, -0.05) is 34.7 Å². The minimum Gasteiger partial charge on any atom is -0.344 e. The lowest BCUT2D eigenvalue weighted by molar-refractivity contribution is -0.141. The van der Waals surface area contributed by atoms with E-state index < -0.39 is 11.9 Å². The summed E-state index contributed by atoms with van der Waals surface area (Å²) in [6.45, 7) is 4.96. The molecule has 0 saturated heterocycles. The van der Waals surface area contributed by atoms with E-state index in [0.717, 1.165) is 54.1 Å². The fourth-order valence-electron chi connectivity index (χ4n) is 4.71. The number of benzene rings is 1. The van der Waals surface area contributed by atoms with Gasteiger partial charge in [-0.15, -0.1) is 0 Å². The number of nitrogens with zero attached hydrogens (tertiary/aromatic N) is 4. The molecule has 1 aromatic carbocycles. The third kappa shape index (κ3) is 4.04. The number of rotatable bonds is 4. The normalized spacial score (nSPS) is 14.5. The SMILES string of the molecule is CCn1c2c(c3ccc(-n4ccc(-c5ccc(C(F)(F)F)nc5)cc4=O)cc31)CN(CI)CC2. The van der Waals surface area contributed by atoms with Gasteiger partial charge in [-0.05, 0) is 42.3 Å². The van der Waals surface area contributed by atoms with Crippen LogP contribution in [0.15, 0.2) is 59.7 Å². The lowest BCUT2D eigenvalue weighted by atomic mass is 10.0. The molecule has 0 saturated carbocycles. The average molecular weight is 578 g/mol. The molecule has 5 nitrogen and oxygen atoms in total. The van der Waals surface area contributed by atoms with E-state index in [4.69, 9.17) is 0 Å². The molecule has 0 fully saturated rings. The number of hydrogen-bond acceptors (Lipinski definition) is 3. The first-order valence-electron chi connectivity index (χ1n) is 11.0. The largest absolute Gasteiger partial charge is 0.433 e. The Bertz CT molecular complexity index is 1420. The molecule has 5 rings (SSSR count). The van der Waals surface area contributed by atoms with Gasteiger partial charge in [0.25, 0.3) is 5.56 Å². The predicted molar refractivity (Wildman–Crippen MR) is 134 cm³/mol. The highest BCUT2D eigenvalue weighted by Gasteiger charge is 2.32. The minimum absolute atomic E-state index is 0.257. The lowest BCUT2D eigenvalue weighted by Gasteiger charge is -2.26. The quantitative estimate of drug-likeness (QED) is 0.179. The molecule has 9 heteroatoms. The smallest absolute Gasteiger partial charge is 0.344 e. The van der Waals surface area contributed by atoms with Gasteiger partial charge in [0.15, 0.2) is 0 Å². The van der Waals surface area contributed by atoms with Crippen LogP contribution in [0, 0.1) is 0 Å². The maximum atomic E-state index is 13.0. The Morgan fingerprint density at radius 2 is 1.91 bits per heavy atom. The number of pyridine rings is 2. The van der Waals surface area contributed by atoms with Crippen molar-refractivity contribution in [2.75, 3.05) is 11.1 Å². The van der Waals surface area contributed by atoms with Crippen LogP contribution in [0.2, 0.25) is 0 Å². The summed E-state index contributed by atoms with van der Waals surface area (Å²) in [7, 11) is 0. The zero-order chi connectivity index (χ0) is 24.0. The molecule has 0 unspecified atom stereocenters. The predicted octanol–water partition coefficient (Wildman–Crippen LogP) is 5.64. The van der Waals surface area contributed by atoms with Gasteiger partial charge in [0.2, 0.25) is 0 Å².